The van der Waals surface area contributed by atoms with Gasteiger partial charge in [-0.25, -0.2) is 0 Å². The van der Waals surface area contributed by atoms with Gasteiger partial charge in [-0.15, -0.1) is 0 Å². The molecule has 0 saturated carbocycles. The van der Waals surface area contributed by atoms with Gasteiger partial charge < -0.3 is 5.73 Å². The summed E-state index contributed by atoms with van der Waals surface area (Å²) in [5.41, 5.74) is 7.81. The standard InChI is InChI=1S/C15H27N3/c1-4-5-6-9-18(13(2)3)12-15-8-7-14(10-16)11-17-15/h7-8,11,13H,4-6,9-10,12,16H2,1-3H3. The maximum Gasteiger partial charge on any atom is 0.0544 e. The highest BCUT2D eigenvalue weighted by atomic mass is 15.1. The van der Waals surface area contributed by atoms with Gasteiger partial charge in [-0.1, -0.05) is 25.8 Å². The van der Waals surface area contributed by atoms with Gasteiger partial charge in [-0.3, -0.25) is 9.88 Å². The van der Waals surface area contributed by atoms with E-state index in [1.54, 1.807) is 0 Å². The molecule has 0 unspecified atom stereocenters. The summed E-state index contributed by atoms with van der Waals surface area (Å²) in [4.78, 5) is 6.96. The molecule has 3 heteroatoms. The van der Waals surface area contributed by atoms with E-state index in [1.807, 2.05) is 6.20 Å². The Morgan fingerprint density at radius 3 is 2.56 bits per heavy atom. The largest absolute Gasteiger partial charge is 0.326 e. The van der Waals surface area contributed by atoms with E-state index < -0.39 is 0 Å². The van der Waals surface area contributed by atoms with E-state index in [2.05, 4.69) is 42.8 Å². The van der Waals surface area contributed by atoms with Gasteiger partial charge in [0.1, 0.15) is 0 Å². The molecule has 0 radical (unpaired) electrons. The topological polar surface area (TPSA) is 42.1 Å². The molecular weight excluding hydrogens is 222 g/mol. The van der Waals surface area contributed by atoms with Gasteiger partial charge in [-0.05, 0) is 38.4 Å². The summed E-state index contributed by atoms with van der Waals surface area (Å²) in [6, 6.07) is 4.74. The average Bonchev–Trinajstić information content (AvgIpc) is 2.38. The van der Waals surface area contributed by atoms with Gasteiger partial charge in [0.25, 0.3) is 0 Å². The van der Waals surface area contributed by atoms with E-state index in [0.29, 0.717) is 12.6 Å². The third kappa shape index (κ3) is 5.15. The molecule has 1 aromatic rings. The van der Waals surface area contributed by atoms with Gasteiger partial charge in [-0.2, -0.15) is 0 Å². The summed E-state index contributed by atoms with van der Waals surface area (Å²) < 4.78 is 0. The number of unbranched alkanes of at least 4 members (excludes halogenated alkanes) is 2. The van der Waals surface area contributed by atoms with E-state index >= 15 is 0 Å². The lowest BCUT2D eigenvalue weighted by atomic mass is 10.2. The second-order valence-electron chi connectivity index (χ2n) is 5.13. The molecule has 1 rings (SSSR count). The van der Waals surface area contributed by atoms with Crippen molar-refractivity contribution in [1.29, 1.82) is 0 Å². The van der Waals surface area contributed by atoms with Crippen LogP contribution in [0.25, 0.3) is 0 Å². The molecule has 18 heavy (non-hydrogen) atoms. The predicted molar refractivity (Wildman–Crippen MR) is 77.2 cm³/mol. The molecule has 0 saturated heterocycles. The van der Waals surface area contributed by atoms with Crippen molar-refractivity contribution in [3.05, 3.63) is 29.6 Å². The number of nitrogens with two attached hydrogens (primary N) is 1. The van der Waals surface area contributed by atoms with Crippen molar-refractivity contribution in [2.75, 3.05) is 6.54 Å². The van der Waals surface area contributed by atoms with Crippen molar-refractivity contribution in [2.45, 2.75) is 59.2 Å². The zero-order valence-electron chi connectivity index (χ0n) is 12.0. The summed E-state index contributed by atoms with van der Waals surface area (Å²) >= 11 is 0. The maximum absolute atomic E-state index is 5.58. The Hall–Kier alpha value is -0.930. The van der Waals surface area contributed by atoms with E-state index in [-0.39, 0.29) is 0 Å². The predicted octanol–water partition coefficient (Wildman–Crippen LogP) is 2.94. The van der Waals surface area contributed by atoms with Gasteiger partial charge in [0.15, 0.2) is 0 Å². The van der Waals surface area contributed by atoms with Crippen LogP contribution in [0.15, 0.2) is 18.3 Å². The highest BCUT2D eigenvalue weighted by molar-refractivity contribution is 5.13. The molecule has 1 heterocycles. The Kier molecular flexibility index (Phi) is 6.91. The highest BCUT2D eigenvalue weighted by Crippen LogP contribution is 2.09. The molecule has 0 spiro atoms. The summed E-state index contributed by atoms with van der Waals surface area (Å²) in [7, 11) is 0. The second kappa shape index (κ2) is 8.22. The molecule has 0 amide bonds. The first-order chi connectivity index (χ1) is 8.67. The van der Waals surface area contributed by atoms with Crippen LogP contribution in [0.2, 0.25) is 0 Å². The molecule has 0 aliphatic heterocycles. The number of pyridine rings is 1. The van der Waals surface area contributed by atoms with Crippen LogP contribution in [0.3, 0.4) is 0 Å². The fraction of sp³-hybridized carbons (Fsp3) is 0.667. The van der Waals surface area contributed by atoms with Crippen LogP contribution in [-0.2, 0) is 13.1 Å². The quantitative estimate of drug-likeness (QED) is 0.720. The van der Waals surface area contributed by atoms with E-state index in [0.717, 1.165) is 24.3 Å². The Bertz CT molecular complexity index is 319. The number of hydrogen-bond donors (Lipinski definition) is 1. The number of rotatable bonds is 8. The molecule has 3 nitrogen and oxygen atoms in total. The van der Waals surface area contributed by atoms with Crippen LogP contribution in [0, 0.1) is 0 Å². The minimum absolute atomic E-state index is 0.567. The smallest absolute Gasteiger partial charge is 0.0544 e. The first-order valence-corrected chi connectivity index (χ1v) is 7.05. The molecule has 0 aliphatic carbocycles. The Labute approximate surface area is 111 Å². The number of aromatic nitrogens is 1. The van der Waals surface area contributed by atoms with Gasteiger partial charge in [0.05, 0.1) is 5.69 Å². The third-order valence-corrected chi connectivity index (χ3v) is 3.27. The van der Waals surface area contributed by atoms with Crippen LogP contribution in [0.5, 0.6) is 0 Å². The lowest BCUT2D eigenvalue weighted by Gasteiger charge is -2.26. The normalized spacial score (nSPS) is 11.4. The fourth-order valence-electron chi connectivity index (χ4n) is 1.96. The van der Waals surface area contributed by atoms with Crippen molar-refractivity contribution in [1.82, 2.24) is 9.88 Å². The lowest BCUT2D eigenvalue weighted by molar-refractivity contribution is 0.206. The first-order valence-electron chi connectivity index (χ1n) is 7.05. The molecular formula is C15H27N3. The van der Waals surface area contributed by atoms with Gasteiger partial charge >= 0.3 is 0 Å². The van der Waals surface area contributed by atoms with Crippen molar-refractivity contribution >= 4 is 0 Å². The SMILES string of the molecule is CCCCCN(Cc1ccc(CN)cn1)C(C)C. The first kappa shape index (κ1) is 15.1. The zero-order chi connectivity index (χ0) is 13.4. The molecule has 0 atom stereocenters. The summed E-state index contributed by atoms with van der Waals surface area (Å²) in [5.74, 6) is 0. The number of hydrogen-bond acceptors (Lipinski definition) is 3. The van der Waals surface area contributed by atoms with Crippen molar-refractivity contribution in [3.8, 4) is 0 Å². The monoisotopic (exact) mass is 249 g/mol. The molecule has 0 bridgehead atoms. The van der Waals surface area contributed by atoms with E-state index in [9.17, 15) is 0 Å². The highest BCUT2D eigenvalue weighted by Gasteiger charge is 2.10. The van der Waals surface area contributed by atoms with Crippen molar-refractivity contribution in [3.63, 3.8) is 0 Å². The van der Waals surface area contributed by atoms with Crippen LogP contribution in [0.4, 0.5) is 0 Å². The maximum atomic E-state index is 5.58. The second-order valence-corrected chi connectivity index (χ2v) is 5.13. The van der Waals surface area contributed by atoms with Crippen LogP contribution < -0.4 is 5.73 Å². The summed E-state index contributed by atoms with van der Waals surface area (Å²) in [6.45, 7) is 9.41. The third-order valence-electron chi connectivity index (χ3n) is 3.27. The zero-order valence-corrected chi connectivity index (χ0v) is 12.0. The van der Waals surface area contributed by atoms with Crippen molar-refractivity contribution in [2.24, 2.45) is 5.73 Å². The molecule has 102 valence electrons. The van der Waals surface area contributed by atoms with Crippen LogP contribution in [0.1, 0.15) is 51.3 Å². The molecule has 0 aliphatic rings. The molecule has 0 aromatic carbocycles. The Morgan fingerprint density at radius 1 is 1.28 bits per heavy atom. The summed E-state index contributed by atoms with van der Waals surface area (Å²) in [6.07, 6.45) is 5.74. The Morgan fingerprint density at radius 2 is 2.06 bits per heavy atom. The van der Waals surface area contributed by atoms with Crippen molar-refractivity contribution < 1.29 is 0 Å². The minimum Gasteiger partial charge on any atom is -0.326 e. The van der Waals surface area contributed by atoms with Crippen LogP contribution >= 0.6 is 0 Å². The van der Waals surface area contributed by atoms with Crippen LogP contribution in [-0.4, -0.2) is 22.5 Å². The molecule has 1 aromatic heterocycles. The van der Waals surface area contributed by atoms with Gasteiger partial charge in [0, 0.05) is 25.3 Å². The molecule has 2 N–H and O–H groups in total. The molecule has 0 fully saturated rings. The van der Waals surface area contributed by atoms with E-state index in [1.165, 1.54) is 19.3 Å². The van der Waals surface area contributed by atoms with E-state index in [4.69, 9.17) is 5.73 Å². The lowest BCUT2D eigenvalue weighted by Crippen LogP contribution is -2.31. The number of nitrogens with zero attached hydrogens (tertiary/aromatic N) is 2. The summed E-state index contributed by atoms with van der Waals surface area (Å²) in [5, 5.41) is 0. The fourth-order valence-corrected chi connectivity index (χ4v) is 1.96. The Balaban J connectivity index is 2.53. The van der Waals surface area contributed by atoms with Gasteiger partial charge in [0.2, 0.25) is 0 Å². The average molecular weight is 249 g/mol. The minimum atomic E-state index is 0.567.